The summed E-state index contributed by atoms with van der Waals surface area (Å²) in [6.45, 7) is 5.98. The lowest BCUT2D eigenvalue weighted by Crippen LogP contribution is -2.36. The second kappa shape index (κ2) is 10.5. The smallest absolute Gasteiger partial charge is 0.393 e. The first-order valence-electron chi connectivity index (χ1n) is 10.3. The molecule has 2 aromatic rings. The molecule has 8 heteroatoms. The molecule has 174 valence electrons. The molecule has 32 heavy (non-hydrogen) atoms. The minimum absolute atomic E-state index is 0.0469. The van der Waals surface area contributed by atoms with Gasteiger partial charge >= 0.3 is 12.1 Å². The number of carboxylic acids is 1. The molecule has 0 aliphatic carbocycles. The number of hydrogen-bond donors (Lipinski definition) is 2. The van der Waals surface area contributed by atoms with Crippen molar-refractivity contribution in [1.82, 2.24) is 5.32 Å². The summed E-state index contributed by atoms with van der Waals surface area (Å²) < 4.78 is 44.8. The van der Waals surface area contributed by atoms with Crippen molar-refractivity contribution in [3.05, 3.63) is 65.2 Å². The van der Waals surface area contributed by atoms with E-state index in [1.807, 2.05) is 24.3 Å². The van der Waals surface area contributed by atoms with Gasteiger partial charge in [0.2, 0.25) is 0 Å². The molecule has 5 nitrogen and oxygen atoms in total. The van der Waals surface area contributed by atoms with E-state index in [1.54, 1.807) is 12.1 Å². The number of ether oxygens (including phenoxy) is 1. The lowest BCUT2D eigenvalue weighted by atomic mass is 9.87. The van der Waals surface area contributed by atoms with Gasteiger partial charge in [0.15, 0.2) is 0 Å². The highest BCUT2D eigenvalue weighted by atomic mass is 19.4. The van der Waals surface area contributed by atoms with Crippen LogP contribution in [0.1, 0.15) is 55.1 Å². The SMILES string of the molecule is CC(C)(C)c1ccc(OCc2ccc(C(=O)NC[C@@H](CCC(=O)O)C(F)(F)F)cc2)cc1. The summed E-state index contributed by atoms with van der Waals surface area (Å²) >= 11 is 0. The zero-order valence-corrected chi connectivity index (χ0v) is 18.3. The van der Waals surface area contributed by atoms with Gasteiger partial charge in [-0.1, -0.05) is 45.0 Å². The van der Waals surface area contributed by atoms with Gasteiger partial charge in [0.25, 0.3) is 5.91 Å². The quantitative estimate of drug-likeness (QED) is 0.540. The van der Waals surface area contributed by atoms with Crippen molar-refractivity contribution in [3.8, 4) is 5.75 Å². The molecule has 2 rings (SSSR count). The Balaban J connectivity index is 1.89. The number of amides is 1. The molecule has 0 spiro atoms. The third-order valence-electron chi connectivity index (χ3n) is 5.02. The Labute approximate surface area is 185 Å². The molecule has 0 aromatic heterocycles. The number of hydrogen-bond acceptors (Lipinski definition) is 3. The van der Waals surface area contributed by atoms with E-state index in [9.17, 15) is 22.8 Å². The molecular formula is C24H28F3NO4. The van der Waals surface area contributed by atoms with Crippen molar-refractivity contribution in [2.45, 2.75) is 51.8 Å². The summed E-state index contributed by atoms with van der Waals surface area (Å²) in [7, 11) is 0. The van der Waals surface area contributed by atoms with Crippen LogP contribution in [0.25, 0.3) is 0 Å². The molecule has 2 N–H and O–H groups in total. The molecule has 1 atom stereocenters. The fraction of sp³-hybridized carbons (Fsp3) is 0.417. The van der Waals surface area contributed by atoms with Crippen LogP contribution in [0.15, 0.2) is 48.5 Å². The van der Waals surface area contributed by atoms with Gasteiger partial charge < -0.3 is 15.2 Å². The van der Waals surface area contributed by atoms with Crippen LogP contribution in [0.4, 0.5) is 13.2 Å². The minimum atomic E-state index is -4.59. The summed E-state index contributed by atoms with van der Waals surface area (Å²) in [6, 6.07) is 14.2. The molecule has 0 aliphatic rings. The van der Waals surface area contributed by atoms with Crippen molar-refractivity contribution in [2.24, 2.45) is 5.92 Å². The van der Waals surface area contributed by atoms with Crippen molar-refractivity contribution in [1.29, 1.82) is 0 Å². The Kier molecular flexibility index (Phi) is 8.30. The van der Waals surface area contributed by atoms with Gasteiger partial charge in [0, 0.05) is 18.5 Å². The number of carbonyl (C=O) groups excluding carboxylic acids is 1. The lowest BCUT2D eigenvalue weighted by molar-refractivity contribution is -0.175. The third kappa shape index (κ3) is 7.90. The van der Waals surface area contributed by atoms with E-state index in [4.69, 9.17) is 9.84 Å². The number of carboxylic acid groups (broad SMARTS) is 1. The van der Waals surface area contributed by atoms with Gasteiger partial charge in [-0.15, -0.1) is 0 Å². The largest absolute Gasteiger partial charge is 0.489 e. The van der Waals surface area contributed by atoms with Crippen molar-refractivity contribution < 1.29 is 32.6 Å². The zero-order chi connectivity index (χ0) is 23.9. The number of carbonyl (C=O) groups is 2. The number of alkyl halides is 3. The summed E-state index contributed by atoms with van der Waals surface area (Å²) in [4.78, 5) is 22.7. The molecule has 0 unspecified atom stereocenters. The Morgan fingerprint density at radius 1 is 1.00 bits per heavy atom. The van der Waals surface area contributed by atoms with Crippen molar-refractivity contribution in [3.63, 3.8) is 0 Å². The average molecular weight is 451 g/mol. The maximum Gasteiger partial charge on any atom is 0.393 e. The molecule has 0 aliphatic heterocycles. The van der Waals surface area contributed by atoms with E-state index in [2.05, 4.69) is 26.1 Å². The number of nitrogens with one attached hydrogen (secondary N) is 1. The Bertz CT molecular complexity index is 901. The van der Waals surface area contributed by atoms with E-state index in [0.717, 1.165) is 5.56 Å². The third-order valence-corrected chi connectivity index (χ3v) is 5.02. The first kappa shape index (κ1) is 25.2. The molecule has 0 radical (unpaired) electrons. The topological polar surface area (TPSA) is 75.6 Å². The molecule has 0 saturated heterocycles. The summed E-state index contributed by atoms with van der Waals surface area (Å²) in [6.07, 6.45) is -5.80. The first-order valence-corrected chi connectivity index (χ1v) is 10.3. The Morgan fingerprint density at radius 2 is 1.59 bits per heavy atom. The van der Waals surface area contributed by atoms with Crippen molar-refractivity contribution >= 4 is 11.9 Å². The van der Waals surface area contributed by atoms with Gasteiger partial charge in [-0.2, -0.15) is 13.2 Å². The van der Waals surface area contributed by atoms with E-state index < -0.39 is 43.4 Å². The summed E-state index contributed by atoms with van der Waals surface area (Å²) in [5, 5.41) is 10.8. The second-order valence-corrected chi connectivity index (χ2v) is 8.64. The van der Waals surface area contributed by atoms with E-state index in [1.165, 1.54) is 17.7 Å². The molecular weight excluding hydrogens is 423 g/mol. The van der Waals surface area contributed by atoms with Crippen LogP contribution >= 0.6 is 0 Å². The van der Waals surface area contributed by atoms with Crippen LogP contribution in [-0.4, -0.2) is 29.7 Å². The minimum Gasteiger partial charge on any atom is -0.489 e. The normalized spacial score (nSPS) is 12.8. The van der Waals surface area contributed by atoms with Crippen LogP contribution in [0.2, 0.25) is 0 Å². The van der Waals surface area contributed by atoms with Crippen LogP contribution < -0.4 is 10.1 Å². The standard InChI is InChI=1S/C24H28F3NO4/c1-23(2,3)18-8-11-20(12-9-18)32-15-16-4-6-17(7-5-16)22(31)28-14-19(24(25,26)27)10-13-21(29)30/h4-9,11-12,19H,10,13-15H2,1-3H3,(H,28,31)(H,29,30)/t19-/m1/s1. The highest BCUT2D eigenvalue weighted by Crippen LogP contribution is 2.29. The molecule has 0 saturated carbocycles. The first-order chi connectivity index (χ1) is 14.9. The Morgan fingerprint density at radius 3 is 2.09 bits per heavy atom. The van der Waals surface area contributed by atoms with E-state index >= 15 is 0 Å². The highest BCUT2D eigenvalue weighted by Gasteiger charge is 2.39. The second-order valence-electron chi connectivity index (χ2n) is 8.64. The van der Waals surface area contributed by atoms with E-state index in [-0.39, 0.29) is 17.6 Å². The monoisotopic (exact) mass is 451 g/mol. The molecule has 0 bridgehead atoms. The maximum absolute atomic E-state index is 13.0. The predicted molar refractivity (Wildman–Crippen MR) is 115 cm³/mol. The van der Waals surface area contributed by atoms with Crippen LogP contribution in [-0.2, 0) is 16.8 Å². The summed E-state index contributed by atoms with van der Waals surface area (Å²) in [5.74, 6) is -3.17. The highest BCUT2D eigenvalue weighted by molar-refractivity contribution is 5.94. The zero-order valence-electron chi connectivity index (χ0n) is 18.3. The van der Waals surface area contributed by atoms with Gasteiger partial charge in [0.05, 0.1) is 5.92 Å². The van der Waals surface area contributed by atoms with Crippen LogP contribution in [0.3, 0.4) is 0 Å². The predicted octanol–water partition coefficient (Wildman–Crippen LogP) is 5.34. The van der Waals surface area contributed by atoms with Gasteiger partial charge in [-0.25, -0.2) is 0 Å². The van der Waals surface area contributed by atoms with Crippen LogP contribution in [0, 0.1) is 5.92 Å². The number of rotatable bonds is 9. The van der Waals surface area contributed by atoms with Crippen LogP contribution in [0.5, 0.6) is 5.75 Å². The fourth-order valence-corrected chi connectivity index (χ4v) is 2.97. The molecule has 2 aromatic carbocycles. The lowest BCUT2D eigenvalue weighted by Gasteiger charge is -2.20. The number of benzene rings is 2. The van der Waals surface area contributed by atoms with Crippen molar-refractivity contribution in [2.75, 3.05) is 6.54 Å². The Hall–Kier alpha value is -3.03. The van der Waals surface area contributed by atoms with Gasteiger partial charge in [-0.3, -0.25) is 9.59 Å². The number of halogens is 3. The fourth-order valence-electron chi connectivity index (χ4n) is 2.97. The van der Waals surface area contributed by atoms with Gasteiger partial charge in [0.1, 0.15) is 12.4 Å². The number of aliphatic carboxylic acids is 1. The summed E-state index contributed by atoms with van der Waals surface area (Å²) in [5.41, 5.74) is 2.25. The maximum atomic E-state index is 13.0. The molecule has 1 amide bonds. The molecule has 0 heterocycles. The van der Waals surface area contributed by atoms with Gasteiger partial charge in [-0.05, 0) is 47.2 Å². The van der Waals surface area contributed by atoms with E-state index in [0.29, 0.717) is 5.75 Å². The molecule has 0 fully saturated rings. The average Bonchev–Trinajstić information content (AvgIpc) is 2.71.